The molecule has 8 nitrogen and oxygen atoms in total. The van der Waals surface area contributed by atoms with E-state index in [-0.39, 0.29) is 11.8 Å². The molecular formula is C31H30N4O4. The Morgan fingerprint density at radius 1 is 0.872 bits per heavy atom. The Hall–Kier alpha value is -4.69. The van der Waals surface area contributed by atoms with Gasteiger partial charge in [-0.2, -0.15) is 0 Å². The van der Waals surface area contributed by atoms with Gasteiger partial charge in [-0.05, 0) is 60.5 Å². The van der Waals surface area contributed by atoms with Crippen LogP contribution < -0.4 is 20.3 Å². The quantitative estimate of drug-likeness (QED) is 0.326. The second-order valence-corrected chi connectivity index (χ2v) is 9.24. The summed E-state index contributed by atoms with van der Waals surface area (Å²) in [6, 6.07) is 25.8. The molecule has 1 fully saturated rings. The molecule has 4 aromatic rings. The third-order valence-electron chi connectivity index (χ3n) is 6.43. The summed E-state index contributed by atoms with van der Waals surface area (Å²) in [5, 5.41) is 5.89. The lowest BCUT2D eigenvalue weighted by atomic mass is 10.1. The van der Waals surface area contributed by atoms with E-state index in [2.05, 4.69) is 20.5 Å². The Labute approximate surface area is 227 Å². The number of rotatable bonds is 8. The molecule has 0 atom stereocenters. The van der Waals surface area contributed by atoms with Crippen LogP contribution in [0.2, 0.25) is 0 Å². The number of ether oxygens (including phenoxy) is 2. The average Bonchev–Trinajstić information content (AvgIpc) is 2.99. The van der Waals surface area contributed by atoms with Crippen LogP contribution in [0.4, 0.5) is 17.2 Å². The van der Waals surface area contributed by atoms with Gasteiger partial charge >= 0.3 is 0 Å². The van der Waals surface area contributed by atoms with Crippen LogP contribution in [-0.4, -0.2) is 43.1 Å². The minimum Gasteiger partial charge on any atom is -0.489 e. The van der Waals surface area contributed by atoms with Crippen molar-refractivity contribution in [3.8, 4) is 5.75 Å². The molecule has 1 aliphatic rings. The number of pyridine rings is 1. The number of anilines is 3. The Bertz CT molecular complexity index is 1450. The van der Waals surface area contributed by atoms with Crippen molar-refractivity contribution in [2.24, 2.45) is 0 Å². The fourth-order valence-corrected chi connectivity index (χ4v) is 4.23. The summed E-state index contributed by atoms with van der Waals surface area (Å²) >= 11 is 0. The van der Waals surface area contributed by atoms with E-state index >= 15 is 0 Å². The number of morpholine rings is 1. The average molecular weight is 523 g/mol. The lowest BCUT2D eigenvalue weighted by Gasteiger charge is -2.27. The molecule has 5 rings (SSSR count). The summed E-state index contributed by atoms with van der Waals surface area (Å²) in [5.74, 6) is 0.836. The second kappa shape index (κ2) is 12.2. The van der Waals surface area contributed by atoms with E-state index in [1.54, 1.807) is 42.6 Å². The van der Waals surface area contributed by atoms with Crippen LogP contribution in [0, 0.1) is 6.92 Å². The molecule has 0 radical (unpaired) electrons. The van der Waals surface area contributed by atoms with Gasteiger partial charge in [-0.3, -0.25) is 9.59 Å². The minimum absolute atomic E-state index is 0.253. The zero-order chi connectivity index (χ0) is 27.0. The van der Waals surface area contributed by atoms with E-state index in [1.165, 1.54) is 0 Å². The number of carbonyl (C=O) groups excluding carboxylic acids is 2. The van der Waals surface area contributed by atoms with Crippen LogP contribution in [0.15, 0.2) is 91.1 Å². The highest BCUT2D eigenvalue weighted by Gasteiger charge is 2.16. The topological polar surface area (TPSA) is 92.8 Å². The lowest BCUT2D eigenvalue weighted by molar-refractivity contribution is 0.101. The molecule has 2 heterocycles. The summed E-state index contributed by atoms with van der Waals surface area (Å²) in [6.45, 7) is 5.07. The number of nitrogens with one attached hydrogen (secondary N) is 2. The standard InChI is InChI=1S/C31H30N4O4/c1-22-10-11-26(33-30(36)25-12-13-32-29(19-25)35-14-16-38-17-15-35)20-28(22)34-31(37)24-8-5-9-27(18-24)39-21-23-6-3-2-4-7-23/h2-13,18-20H,14-17,21H2,1H3,(H,33,36)(H,34,37). The van der Waals surface area contributed by atoms with Crippen molar-refractivity contribution < 1.29 is 19.1 Å². The van der Waals surface area contributed by atoms with Gasteiger partial charge in [0.25, 0.3) is 11.8 Å². The highest BCUT2D eigenvalue weighted by molar-refractivity contribution is 6.07. The number of aryl methyl sites for hydroxylation is 1. The number of hydrogen-bond donors (Lipinski definition) is 2. The number of hydrogen-bond acceptors (Lipinski definition) is 6. The summed E-state index contributed by atoms with van der Waals surface area (Å²) in [7, 11) is 0. The van der Waals surface area contributed by atoms with Crippen LogP contribution in [0.3, 0.4) is 0 Å². The van der Waals surface area contributed by atoms with Gasteiger partial charge in [0.2, 0.25) is 0 Å². The Kier molecular flexibility index (Phi) is 8.14. The monoisotopic (exact) mass is 522 g/mol. The Morgan fingerprint density at radius 2 is 1.64 bits per heavy atom. The fourth-order valence-electron chi connectivity index (χ4n) is 4.23. The maximum absolute atomic E-state index is 13.1. The minimum atomic E-state index is -0.268. The van der Waals surface area contributed by atoms with Crippen molar-refractivity contribution in [3.05, 3.63) is 113 Å². The fraction of sp³-hybridized carbons (Fsp3) is 0.194. The predicted octanol–water partition coefficient (Wildman–Crippen LogP) is 5.31. The Balaban J connectivity index is 1.24. The molecule has 1 saturated heterocycles. The van der Waals surface area contributed by atoms with Crippen LogP contribution in [0.5, 0.6) is 5.75 Å². The number of carbonyl (C=O) groups is 2. The van der Waals surface area contributed by atoms with Gasteiger partial charge in [0, 0.05) is 41.8 Å². The lowest BCUT2D eigenvalue weighted by Crippen LogP contribution is -2.36. The Morgan fingerprint density at radius 3 is 2.46 bits per heavy atom. The van der Waals surface area contributed by atoms with Gasteiger partial charge in [-0.25, -0.2) is 4.98 Å². The molecule has 0 bridgehead atoms. The smallest absolute Gasteiger partial charge is 0.255 e. The van der Waals surface area contributed by atoms with Gasteiger partial charge in [0.15, 0.2) is 0 Å². The van der Waals surface area contributed by atoms with E-state index in [4.69, 9.17) is 9.47 Å². The van der Waals surface area contributed by atoms with E-state index in [0.29, 0.717) is 48.1 Å². The van der Waals surface area contributed by atoms with Crippen molar-refractivity contribution in [2.45, 2.75) is 13.5 Å². The predicted molar refractivity (Wildman–Crippen MR) is 152 cm³/mol. The van der Waals surface area contributed by atoms with Crippen molar-refractivity contribution >= 4 is 29.0 Å². The third kappa shape index (κ3) is 6.80. The third-order valence-corrected chi connectivity index (χ3v) is 6.43. The van der Waals surface area contributed by atoms with Gasteiger partial charge < -0.3 is 25.0 Å². The van der Waals surface area contributed by atoms with Crippen LogP contribution in [0.25, 0.3) is 0 Å². The zero-order valence-electron chi connectivity index (χ0n) is 21.7. The maximum Gasteiger partial charge on any atom is 0.255 e. The largest absolute Gasteiger partial charge is 0.489 e. The van der Waals surface area contributed by atoms with E-state index in [9.17, 15) is 9.59 Å². The number of amides is 2. The molecule has 0 spiro atoms. The van der Waals surface area contributed by atoms with E-state index in [1.807, 2.05) is 55.5 Å². The highest BCUT2D eigenvalue weighted by atomic mass is 16.5. The summed E-state index contributed by atoms with van der Waals surface area (Å²) in [5.41, 5.74) is 4.08. The van der Waals surface area contributed by atoms with Crippen molar-refractivity contribution in [1.29, 1.82) is 0 Å². The molecule has 0 unspecified atom stereocenters. The van der Waals surface area contributed by atoms with Crippen LogP contribution in [-0.2, 0) is 11.3 Å². The summed E-state index contributed by atoms with van der Waals surface area (Å²) < 4.78 is 11.3. The molecule has 3 aromatic carbocycles. The molecular weight excluding hydrogens is 492 g/mol. The van der Waals surface area contributed by atoms with Gasteiger partial charge in [0.05, 0.1) is 13.2 Å². The van der Waals surface area contributed by atoms with E-state index < -0.39 is 0 Å². The van der Waals surface area contributed by atoms with Crippen LogP contribution >= 0.6 is 0 Å². The second-order valence-electron chi connectivity index (χ2n) is 9.24. The molecule has 2 N–H and O–H groups in total. The first-order valence-electron chi connectivity index (χ1n) is 12.8. The molecule has 198 valence electrons. The first kappa shape index (κ1) is 25.9. The maximum atomic E-state index is 13.1. The zero-order valence-corrected chi connectivity index (χ0v) is 21.7. The number of aromatic nitrogens is 1. The van der Waals surface area contributed by atoms with Crippen LogP contribution in [0.1, 0.15) is 31.8 Å². The van der Waals surface area contributed by atoms with Crippen molar-refractivity contribution in [2.75, 3.05) is 41.8 Å². The first-order valence-corrected chi connectivity index (χ1v) is 12.8. The van der Waals surface area contributed by atoms with Gasteiger partial charge in [-0.1, -0.05) is 42.5 Å². The molecule has 8 heteroatoms. The molecule has 1 aromatic heterocycles. The number of nitrogens with zero attached hydrogens (tertiary/aromatic N) is 2. The molecule has 0 aliphatic carbocycles. The SMILES string of the molecule is Cc1ccc(NC(=O)c2ccnc(N3CCOCC3)c2)cc1NC(=O)c1cccc(OCc2ccccc2)c1. The van der Waals surface area contributed by atoms with Crippen molar-refractivity contribution in [1.82, 2.24) is 4.98 Å². The highest BCUT2D eigenvalue weighted by Crippen LogP contribution is 2.23. The molecule has 2 amide bonds. The van der Waals surface area contributed by atoms with Gasteiger partial charge in [-0.15, -0.1) is 0 Å². The summed E-state index contributed by atoms with van der Waals surface area (Å²) in [4.78, 5) is 32.6. The van der Waals surface area contributed by atoms with Crippen molar-refractivity contribution in [3.63, 3.8) is 0 Å². The number of benzene rings is 3. The molecule has 0 saturated carbocycles. The van der Waals surface area contributed by atoms with Gasteiger partial charge in [0.1, 0.15) is 18.2 Å². The summed E-state index contributed by atoms with van der Waals surface area (Å²) in [6.07, 6.45) is 1.64. The molecule has 1 aliphatic heterocycles. The van der Waals surface area contributed by atoms with E-state index in [0.717, 1.165) is 30.0 Å². The first-order chi connectivity index (χ1) is 19.0. The molecule has 39 heavy (non-hydrogen) atoms. The normalized spacial score (nSPS) is 13.0.